The molecule has 2 N–H and O–H groups in total. The third-order valence-corrected chi connectivity index (χ3v) is 3.97. The molecule has 2 aromatic carbocycles. The lowest BCUT2D eigenvalue weighted by molar-refractivity contribution is 0.599. The zero-order valence-electron chi connectivity index (χ0n) is 12.4. The SMILES string of the molecule is Cc1ccc(N[C@H]2C[C@@H](C)Nc3ccc(C)cc32)cc1. The summed E-state index contributed by atoms with van der Waals surface area (Å²) in [4.78, 5) is 0. The van der Waals surface area contributed by atoms with E-state index in [1.54, 1.807) is 0 Å². The van der Waals surface area contributed by atoms with Gasteiger partial charge in [-0.05, 0) is 51.0 Å². The molecule has 2 atom stereocenters. The number of fused-ring (bicyclic) bond motifs is 1. The fraction of sp³-hybridized carbons (Fsp3) is 0.333. The maximum Gasteiger partial charge on any atom is 0.0553 e. The zero-order valence-corrected chi connectivity index (χ0v) is 12.4. The maximum atomic E-state index is 3.68. The van der Waals surface area contributed by atoms with E-state index in [1.165, 1.54) is 28.1 Å². The summed E-state index contributed by atoms with van der Waals surface area (Å²) in [7, 11) is 0. The number of hydrogen-bond acceptors (Lipinski definition) is 2. The number of aryl methyl sites for hydroxylation is 2. The molecule has 0 spiro atoms. The second kappa shape index (κ2) is 5.20. The van der Waals surface area contributed by atoms with Crippen molar-refractivity contribution in [1.29, 1.82) is 0 Å². The van der Waals surface area contributed by atoms with E-state index in [9.17, 15) is 0 Å². The zero-order chi connectivity index (χ0) is 14.1. The summed E-state index contributed by atoms with van der Waals surface area (Å²) in [5, 5.41) is 7.25. The Morgan fingerprint density at radius 1 is 1.00 bits per heavy atom. The summed E-state index contributed by atoms with van der Waals surface area (Å²) in [5.41, 5.74) is 6.45. The highest BCUT2D eigenvalue weighted by Crippen LogP contribution is 2.35. The standard InChI is InChI=1S/C18H22N2/c1-12-4-7-15(8-5-12)20-18-11-14(3)19-17-9-6-13(2)10-16(17)18/h4-10,14,18-20H,11H2,1-3H3/t14-,18+/m1/s1. The Balaban J connectivity index is 1.90. The van der Waals surface area contributed by atoms with Crippen LogP contribution in [0.2, 0.25) is 0 Å². The van der Waals surface area contributed by atoms with Crippen LogP contribution in [0.5, 0.6) is 0 Å². The van der Waals surface area contributed by atoms with Gasteiger partial charge in [0.2, 0.25) is 0 Å². The highest BCUT2D eigenvalue weighted by molar-refractivity contribution is 5.59. The van der Waals surface area contributed by atoms with E-state index >= 15 is 0 Å². The lowest BCUT2D eigenvalue weighted by Crippen LogP contribution is -2.29. The molecule has 0 bridgehead atoms. The first-order chi connectivity index (χ1) is 9.61. The largest absolute Gasteiger partial charge is 0.382 e. The van der Waals surface area contributed by atoms with Gasteiger partial charge in [0.15, 0.2) is 0 Å². The average molecular weight is 266 g/mol. The van der Waals surface area contributed by atoms with Crippen LogP contribution in [0.3, 0.4) is 0 Å². The fourth-order valence-electron chi connectivity index (χ4n) is 2.89. The van der Waals surface area contributed by atoms with E-state index in [0.29, 0.717) is 12.1 Å². The molecule has 2 nitrogen and oxygen atoms in total. The summed E-state index contributed by atoms with van der Waals surface area (Å²) in [6, 6.07) is 16.2. The van der Waals surface area contributed by atoms with E-state index in [0.717, 1.165) is 6.42 Å². The first-order valence-corrected chi connectivity index (χ1v) is 7.32. The number of rotatable bonds is 2. The molecule has 0 saturated carbocycles. The number of hydrogen-bond donors (Lipinski definition) is 2. The monoisotopic (exact) mass is 266 g/mol. The lowest BCUT2D eigenvalue weighted by atomic mass is 9.92. The average Bonchev–Trinajstić information content (AvgIpc) is 2.42. The lowest BCUT2D eigenvalue weighted by Gasteiger charge is -2.33. The van der Waals surface area contributed by atoms with Gasteiger partial charge in [-0.1, -0.05) is 35.4 Å². The Morgan fingerprint density at radius 2 is 1.70 bits per heavy atom. The summed E-state index contributed by atoms with van der Waals surface area (Å²) >= 11 is 0. The number of benzene rings is 2. The summed E-state index contributed by atoms with van der Waals surface area (Å²) < 4.78 is 0. The van der Waals surface area contributed by atoms with E-state index in [2.05, 4.69) is 73.9 Å². The molecular formula is C18H22N2. The Kier molecular flexibility index (Phi) is 3.39. The third kappa shape index (κ3) is 2.64. The molecular weight excluding hydrogens is 244 g/mol. The molecule has 0 saturated heterocycles. The van der Waals surface area contributed by atoms with Crippen LogP contribution in [-0.2, 0) is 0 Å². The second-order valence-electron chi connectivity index (χ2n) is 5.93. The van der Waals surface area contributed by atoms with Crippen LogP contribution in [-0.4, -0.2) is 6.04 Å². The van der Waals surface area contributed by atoms with Crippen molar-refractivity contribution in [3.05, 3.63) is 59.2 Å². The number of nitrogens with one attached hydrogen (secondary N) is 2. The highest BCUT2D eigenvalue weighted by Gasteiger charge is 2.23. The maximum absolute atomic E-state index is 3.68. The molecule has 1 heterocycles. The molecule has 0 unspecified atom stereocenters. The molecule has 0 aliphatic carbocycles. The summed E-state index contributed by atoms with van der Waals surface area (Å²) in [5.74, 6) is 0. The van der Waals surface area contributed by atoms with Gasteiger partial charge in [-0.25, -0.2) is 0 Å². The minimum atomic E-state index is 0.379. The summed E-state index contributed by atoms with van der Waals surface area (Å²) in [6.07, 6.45) is 1.10. The molecule has 0 fully saturated rings. The summed E-state index contributed by atoms with van der Waals surface area (Å²) in [6.45, 7) is 6.52. The molecule has 0 radical (unpaired) electrons. The smallest absolute Gasteiger partial charge is 0.0553 e. The molecule has 2 aromatic rings. The quantitative estimate of drug-likeness (QED) is 0.826. The molecule has 0 amide bonds. The van der Waals surface area contributed by atoms with E-state index < -0.39 is 0 Å². The molecule has 0 aromatic heterocycles. The van der Waals surface area contributed by atoms with Crippen molar-refractivity contribution in [2.75, 3.05) is 10.6 Å². The third-order valence-electron chi connectivity index (χ3n) is 3.97. The first-order valence-electron chi connectivity index (χ1n) is 7.32. The fourth-order valence-corrected chi connectivity index (χ4v) is 2.89. The molecule has 20 heavy (non-hydrogen) atoms. The van der Waals surface area contributed by atoms with E-state index in [-0.39, 0.29) is 0 Å². The Labute approximate surface area is 121 Å². The van der Waals surface area contributed by atoms with Crippen LogP contribution < -0.4 is 10.6 Å². The number of anilines is 2. The minimum Gasteiger partial charge on any atom is -0.382 e. The van der Waals surface area contributed by atoms with Crippen molar-refractivity contribution in [1.82, 2.24) is 0 Å². The molecule has 2 heteroatoms. The van der Waals surface area contributed by atoms with Gasteiger partial charge in [0.05, 0.1) is 6.04 Å². The highest BCUT2D eigenvalue weighted by atomic mass is 15.0. The van der Waals surface area contributed by atoms with Gasteiger partial charge >= 0.3 is 0 Å². The molecule has 1 aliphatic rings. The van der Waals surface area contributed by atoms with E-state index in [1.807, 2.05) is 0 Å². The second-order valence-corrected chi connectivity index (χ2v) is 5.93. The Hall–Kier alpha value is -1.96. The Morgan fingerprint density at radius 3 is 2.45 bits per heavy atom. The predicted molar refractivity (Wildman–Crippen MR) is 86.4 cm³/mol. The van der Waals surface area contributed by atoms with Crippen molar-refractivity contribution in [2.45, 2.75) is 39.3 Å². The van der Waals surface area contributed by atoms with Gasteiger partial charge in [0.1, 0.15) is 0 Å². The molecule has 104 valence electrons. The van der Waals surface area contributed by atoms with Crippen LogP contribution in [0.1, 0.15) is 36.1 Å². The van der Waals surface area contributed by atoms with Gasteiger partial charge in [-0.3, -0.25) is 0 Å². The van der Waals surface area contributed by atoms with Crippen LogP contribution >= 0.6 is 0 Å². The normalized spacial score (nSPS) is 20.9. The van der Waals surface area contributed by atoms with Crippen LogP contribution in [0.4, 0.5) is 11.4 Å². The predicted octanol–water partition coefficient (Wildman–Crippen LogP) is 4.66. The first kappa shape index (κ1) is 13.0. The molecule has 3 rings (SSSR count). The molecule has 1 aliphatic heterocycles. The van der Waals surface area contributed by atoms with Crippen LogP contribution in [0.15, 0.2) is 42.5 Å². The van der Waals surface area contributed by atoms with E-state index in [4.69, 9.17) is 0 Å². The van der Waals surface area contributed by atoms with Crippen molar-refractivity contribution >= 4 is 11.4 Å². The van der Waals surface area contributed by atoms with Gasteiger partial charge < -0.3 is 10.6 Å². The minimum absolute atomic E-state index is 0.379. The van der Waals surface area contributed by atoms with Gasteiger partial charge in [-0.2, -0.15) is 0 Å². The van der Waals surface area contributed by atoms with Crippen LogP contribution in [0.25, 0.3) is 0 Å². The van der Waals surface area contributed by atoms with Gasteiger partial charge in [0.25, 0.3) is 0 Å². The van der Waals surface area contributed by atoms with Crippen molar-refractivity contribution in [3.63, 3.8) is 0 Å². The van der Waals surface area contributed by atoms with Crippen LogP contribution in [0, 0.1) is 13.8 Å². The van der Waals surface area contributed by atoms with Gasteiger partial charge in [-0.15, -0.1) is 0 Å². The Bertz CT molecular complexity index is 601. The van der Waals surface area contributed by atoms with Crippen molar-refractivity contribution in [2.24, 2.45) is 0 Å². The van der Waals surface area contributed by atoms with Gasteiger partial charge in [0, 0.05) is 17.4 Å². The topological polar surface area (TPSA) is 24.1 Å². The van der Waals surface area contributed by atoms with Crippen molar-refractivity contribution < 1.29 is 0 Å². The van der Waals surface area contributed by atoms with Crippen molar-refractivity contribution in [3.8, 4) is 0 Å².